The minimum absolute atomic E-state index is 0.451. The monoisotopic (exact) mass is 190 g/mol. The Balaban J connectivity index is 2.56. The van der Waals surface area contributed by atoms with E-state index in [4.69, 9.17) is 5.90 Å². The lowest BCUT2D eigenvalue weighted by Crippen LogP contribution is -1.98. The lowest BCUT2D eigenvalue weighted by atomic mass is 10.1. The second-order valence-corrected chi connectivity index (χ2v) is 3.57. The molecule has 0 aliphatic rings. The van der Waals surface area contributed by atoms with Crippen LogP contribution in [-0.4, -0.2) is 4.98 Å². The zero-order chi connectivity index (χ0) is 10.1. The molecule has 0 aliphatic carbocycles. The topological polar surface area (TPSA) is 51.0 Å². The molecule has 0 radical (unpaired) electrons. The zero-order valence-electron chi connectivity index (χ0n) is 8.42. The molecule has 0 bridgehead atoms. The van der Waals surface area contributed by atoms with Crippen molar-refractivity contribution >= 4 is 10.9 Å². The minimum Gasteiger partial charge on any atom is -0.358 e. The maximum atomic E-state index is 5.03. The summed E-state index contributed by atoms with van der Waals surface area (Å²) in [6.45, 7) is 4.65. The first-order valence-electron chi connectivity index (χ1n) is 4.62. The molecule has 1 aromatic carbocycles. The molecule has 3 nitrogen and oxygen atoms in total. The number of benzene rings is 1. The SMILES string of the molecule is Cc1[nH]c2cc(CON)ccc2c1C. The molecule has 1 heterocycles. The van der Waals surface area contributed by atoms with Gasteiger partial charge in [-0.25, -0.2) is 5.90 Å². The molecular weight excluding hydrogens is 176 g/mol. The highest BCUT2D eigenvalue weighted by Gasteiger charge is 2.04. The van der Waals surface area contributed by atoms with Crippen LogP contribution in [0, 0.1) is 13.8 Å². The Morgan fingerprint density at radius 3 is 2.86 bits per heavy atom. The molecule has 0 saturated heterocycles. The van der Waals surface area contributed by atoms with Crippen LogP contribution in [0.1, 0.15) is 16.8 Å². The maximum Gasteiger partial charge on any atom is 0.0930 e. The van der Waals surface area contributed by atoms with E-state index in [0.29, 0.717) is 6.61 Å². The van der Waals surface area contributed by atoms with Crippen molar-refractivity contribution in [3.05, 3.63) is 35.0 Å². The average Bonchev–Trinajstić information content (AvgIpc) is 2.43. The van der Waals surface area contributed by atoms with Gasteiger partial charge >= 0.3 is 0 Å². The Bertz CT molecular complexity index is 460. The summed E-state index contributed by atoms with van der Waals surface area (Å²) in [7, 11) is 0. The molecule has 2 aromatic rings. The van der Waals surface area contributed by atoms with Gasteiger partial charge < -0.3 is 4.98 Å². The van der Waals surface area contributed by atoms with E-state index in [0.717, 1.165) is 11.1 Å². The van der Waals surface area contributed by atoms with E-state index in [1.54, 1.807) is 0 Å². The Morgan fingerprint density at radius 1 is 1.36 bits per heavy atom. The molecule has 3 heteroatoms. The van der Waals surface area contributed by atoms with Crippen molar-refractivity contribution in [1.82, 2.24) is 4.98 Å². The van der Waals surface area contributed by atoms with Crippen LogP contribution in [0.3, 0.4) is 0 Å². The molecule has 14 heavy (non-hydrogen) atoms. The van der Waals surface area contributed by atoms with Crippen LogP contribution in [0.15, 0.2) is 18.2 Å². The third kappa shape index (κ3) is 1.41. The van der Waals surface area contributed by atoms with Gasteiger partial charge in [-0.3, -0.25) is 4.84 Å². The van der Waals surface area contributed by atoms with Crippen LogP contribution >= 0.6 is 0 Å². The van der Waals surface area contributed by atoms with Crippen LogP contribution in [0.4, 0.5) is 0 Å². The molecule has 0 atom stereocenters. The number of H-pyrrole nitrogens is 1. The second-order valence-electron chi connectivity index (χ2n) is 3.57. The molecule has 0 amide bonds. The van der Waals surface area contributed by atoms with Gasteiger partial charge in [-0.1, -0.05) is 12.1 Å². The summed E-state index contributed by atoms with van der Waals surface area (Å²) in [5.41, 5.74) is 4.75. The van der Waals surface area contributed by atoms with Gasteiger partial charge in [0, 0.05) is 16.6 Å². The smallest absolute Gasteiger partial charge is 0.0930 e. The molecule has 0 fully saturated rings. The third-order valence-electron chi connectivity index (χ3n) is 2.62. The molecular formula is C11H14N2O. The van der Waals surface area contributed by atoms with Gasteiger partial charge in [0.2, 0.25) is 0 Å². The number of nitrogens with two attached hydrogens (primary N) is 1. The van der Waals surface area contributed by atoms with E-state index in [1.807, 2.05) is 6.07 Å². The van der Waals surface area contributed by atoms with Crippen LogP contribution in [-0.2, 0) is 11.4 Å². The van der Waals surface area contributed by atoms with Crippen LogP contribution in [0.5, 0.6) is 0 Å². The van der Waals surface area contributed by atoms with Crippen molar-refractivity contribution in [2.45, 2.75) is 20.5 Å². The van der Waals surface area contributed by atoms with Crippen molar-refractivity contribution in [2.24, 2.45) is 5.90 Å². The average molecular weight is 190 g/mol. The van der Waals surface area contributed by atoms with E-state index in [2.05, 4.69) is 35.8 Å². The summed E-state index contributed by atoms with van der Waals surface area (Å²) < 4.78 is 0. The van der Waals surface area contributed by atoms with Gasteiger partial charge in [0.05, 0.1) is 6.61 Å². The normalized spacial score (nSPS) is 11.1. The molecule has 3 N–H and O–H groups in total. The molecule has 74 valence electrons. The third-order valence-corrected chi connectivity index (χ3v) is 2.62. The predicted octanol–water partition coefficient (Wildman–Crippen LogP) is 2.18. The molecule has 1 aromatic heterocycles. The van der Waals surface area contributed by atoms with E-state index >= 15 is 0 Å². The largest absolute Gasteiger partial charge is 0.358 e. The second kappa shape index (κ2) is 3.44. The number of fused-ring (bicyclic) bond motifs is 1. The summed E-state index contributed by atoms with van der Waals surface area (Å²) in [5.74, 6) is 5.03. The molecule has 0 unspecified atom stereocenters. The fourth-order valence-corrected chi connectivity index (χ4v) is 1.71. The van der Waals surface area contributed by atoms with Gasteiger partial charge in [-0.05, 0) is 31.0 Å². The number of rotatable bonds is 2. The number of hydrogen-bond acceptors (Lipinski definition) is 2. The highest BCUT2D eigenvalue weighted by molar-refractivity contribution is 5.84. The van der Waals surface area contributed by atoms with Crippen molar-refractivity contribution < 1.29 is 4.84 Å². The van der Waals surface area contributed by atoms with Crippen LogP contribution < -0.4 is 5.90 Å². The lowest BCUT2D eigenvalue weighted by Gasteiger charge is -1.98. The molecule has 0 aliphatic heterocycles. The number of aromatic nitrogens is 1. The highest BCUT2D eigenvalue weighted by atomic mass is 16.6. The van der Waals surface area contributed by atoms with Crippen LogP contribution in [0.2, 0.25) is 0 Å². The maximum absolute atomic E-state index is 5.03. The van der Waals surface area contributed by atoms with E-state index in [9.17, 15) is 0 Å². The standard InChI is InChI=1S/C11H14N2O/c1-7-8(2)13-11-5-9(6-14-12)3-4-10(7)11/h3-5,13H,6,12H2,1-2H3. The lowest BCUT2D eigenvalue weighted by molar-refractivity contribution is 0.124. The minimum atomic E-state index is 0.451. The Hall–Kier alpha value is -1.32. The summed E-state index contributed by atoms with van der Waals surface area (Å²) in [5, 5.41) is 1.27. The Labute approximate surface area is 82.8 Å². The van der Waals surface area contributed by atoms with Gasteiger partial charge in [0.1, 0.15) is 0 Å². The van der Waals surface area contributed by atoms with Crippen molar-refractivity contribution in [3.8, 4) is 0 Å². The number of aromatic amines is 1. The molecule has 2 rings (SSSR count). The number of aryl methyl sites for hydroxylation is 2. The summed E-state index contributed by atoms with van der Waals surface area (Å²) in [4.78, 5) is 7.93. The Morgan fingerprint density at radius 2 is 2.14 bits per heavy atom. The van der Waals surface area contributed by atoms with Crippen molar-refractivity contribution in [1.29, 1.82) is 0 Å². The van der Waals surface area contributed by atoms with E-state index in [1.165, 1.54) is 16.6 Å². The summed E-state index contributed by atoms with van der Waals surface area (Å²) >= 11 is 0. The first-order chi connectivity index (χ1) is 6.72. The van der Waals surface area contributed by atoms with Crippen LogP contribution in [0.25, 0.3) is 10.9 Å². The molecule has 0 spiro atoms. The van der Waals surface area contributed by atoms with E-state index < -0.39 is 0 Å². The van der Waals surface area contributed by atoms with Gasteiger partial charge in [0.15, 0.2) is 0 Å². The van der Waals surface area contributed by atoms with E-state index in [-0.39, 0.29) is 0 Å². The first kappa shape index (κ1) is 9.24. The zero-order valence-corrected chi connectivity index (χ0v) is 8.42. The van der Waals surface area contributed by atoms with Crippen molar-refractivity contribution in [3.63, 3.8) is 0 Å². The highest BCUT2D eigenvalue weighted by Crippen LogP contribution is 2.22. The van der Waals surface area contributed by atoms with Gasteiger partial charge in [-0.2, -0.15) is 0 Å². The fraction of sp³-hybridized carbons (Fsp3) is 0.273. The fourth-order valence-electron chi connectivity index (χ4n) is 1.71. The summed E-state index contributed by atoms with van der Waals surface area (Å²) in [6, 6.07) is 6.21. The Kier molecular flexibility index (Phi) is 2.27. The first-order valence-corrected chi connectivity index (χ1v) is 4.62. The predicted molar refractivity (Wildman–Crippen MR) is 56.7 cm³/mol. The quantitative estimate of drug-likeness (QED) is 0.713. The molecule has 0 saturated carbocycles. The number of hydrogen-bond donors (Lipinski definition) is 2. The summed E-state index contributed by atoms with van der Waals surface area (Å²) in [6.07, 6.45) is 0. The van der Waals surface area contributed by atoms with Gasteiger partial charge in [0.25, 0.3) is 0 Å². The van der Waals surface area contributed by atoms with Crippen molar-refractivity contribution in [2.75, 3.05) is 0 Å². The number of nitrogens with one attached hydrogen (secondary N) is 1. The van der Waals surface area contributed by atoms with Gasteiger partial charge in [-0.15, -0.1) is 0 Å².